The van der Waals surface area contributed by atoms with Crippen LogP contribution in [0.5, 0.6) is 0 Å². The summed E-state index contributed by atoms with van der Waals surface area (Å²) < 4.78 is 2.68. The minimum absolute atomic E-state index is 0.350. The summed E-state index contributed by atoms with van der Waals surface area (Å²) in [5.74, 6) is 0. The lowest BCUT2D eigenvalue weighted by molar-refractivity contribution is -0.625. The Kier molecular flexibility index (Phi) is 8.73. The van der Waals surface area contributed by atoms with E-state index in [9.17, 15) is 20.8 Å². The highest BCUT2D eigenvalue weighted by Crippen LogP contribution is 2.09. The molecule has 4 aromatic rings. The molecule has 8 nitrogen and oxygen atoms in total. The molecule has 4 heterocycles. The first-order valence-corrected chi connectivity index (χ1v) is 10.1. The number of thiol groups is 2. The maximum Gasteiger partial charge on any atom is 0.289 e. The van der Waals surface area contributed by atoms with Gasteiger partial charge in [0.1, 0.15) is 0 Å². The summed E-state index contributed by atoms with van der Waals surface area (Å²) in [5, 5.41) is 45.3. The molecular weight excluding hydrogens is 424 g/mol. The third-order valence-electron chi connectivity index (χ3n) is 3.82. The van der Waals surface area contributed by atoms with Crippen molar-refractivity contribution in [3.8, 4) is 22.8 Å². The van der Waals surface area contributed by atoms with Crippen LogP contribution in [-0.4, -0.2) is 0 Å². The second kappa shape index (κ2) is 11.5. The second-order valence-corrected chi connectivity index (χ2v) is 5.65. The van der Waals surface area contributed by atoms with Crippen molar-refractivity contribution < 1.29 is 18.9 Å². The minimum Gasteiger partial charge on any atom is -0.618 e. The van der Waals surface area contributed by atoms with Crippen LogP contribution in [0.25, 0.3) is 22.8 Å². The average Bonchev–Trinajstić information content (AvgIpc) is 2.78. The maximum absolute atomic E-state index is 11.3. The monoisotopic (exact) mass is 442 g/mol. The predicted octanol–water partition coefficient (Wildman–Crippen LogP) is 2.00. The Morgan fingerprint density at radius 3 is 0.767 bits per heavy atom. The van der Waals surface area contributed by atoms with E-state index in [-0.39, 0.29) is 0 Å². The molecule has 0 N–H and O–H groups in total. The van der Waals surface area contributed by atoms with Gasteiger partial charge in [-0.15, -0.1) is 23.3 Å². The largest absolute Gasteiger partial charge is 0.618 e. The van der Waals surface area contributed by atoms with Gasteiger partial charge in [-0.1, -0.05) is 0 Å². The van der Waals surface area contributed by atoms with Crippen molar-refractivity contribution in [1.82, 2.24) is 0 Å². The fraction of sp³-hybridized carbons (Fsp3) is 0. The van der Waals surface area contributed by atoms with Crippen LogP contribution in [0.4, 0.5) is 0 Å². The van der Waals surface area contributed by atoms with Crippen LogP contribution in [0.15, 0.2) is 97.6 Å². The lowest BCUT2D eigenvalue weighted by atomic mass is 10.2. The van der Waals surface area contributed by atoms with Crippen LogP contribution in [0.2, 0.25) is 0 Å². The molecule has 0 unspecified atom stereocenters. The first kappa shape index (κ1) is 22.8. The van der Waals surface area contributed by atoms with Crippen molar-refractivity contribution in [1.29, 1.82) is 0 Å². The van der Waals surface area contributed by atoms with Crippen molar-refractivity contribution >= 4 is 23.3 Å². The summed E-state index contributed by atoms with van der Waals surface area (Å²) in [4.78, 5) is 0. The van der Waals surface area contributed by atoms with Gasteiger partial charge < -0.3 is 20.8 Å². The number of hydrogen-bond donors (Lipinski definition) is 2. The topological polar surface area (TPSA) is 108 Å². The van der Waals surface area contributed by atoms with Gasteiger partial charge in [0.2, 0.25) is 0 Å². The van der Waals surface area contributed by atoms with E-state index in [0.29, 0.717) is 41.7 Å². The lowest BCUT2D eigenvalue weighted by Crippen LogP contribution is -2.36. The Morgan fingerprint density at radius 2 is 0.600 bits per heavy atom. The molecule has 0 bridgehead atoms. The highest BCUT2D eigenvalue weighted by molar-refractivity contribution is 8.59. The van der Waals surface area contributed by atoms with E-state index in [1.54, 1.807) is 72.8 Å². The van der Waals surface area contributed by atoms with Gasteiger partial charge in [0, 0.05) is 48.5 Å². The van der Waals surface area contributed by atoms with Crippen LogP contribution in [0.1, 0.15) is 0 Å². The molecule has 0 fully saturated rings. The fourth-order valence-corrected chi connectivity index (χ4v) is 2.51. The third kappa shape index (κ3) is 5.75. The molecule has 4 aromatic heterocycles. The van der Waals surface area contributed by atoms with Crippen molar-refractivity contribution in [2.75, 3.05) is 0 Å². The van der Waals surface area contributed by atoms with E-state index in [2.05, 4.69) is 23.3 Å². The lowest BCUT2D eigenvalue weighted by Gasteiger charge is -2.03. The second-order valence-electron chi connectivity index (χ2n) is 5.65. The van der Waals surface area contributed by atoms with E-state index < -0.39 is 0 Å². The average molecular weight is 443 g/mol. The highest BCUT2D eigenvalue weighted by Gasteiger charge is 2.16. The van der Waals surface area contributed by atoms with E-state index in [0.717, 1.165) is 0 Å². The van der Waals surface area contributed by atoms with Gasteiger partial charge in [0.15, 0.2) is 24.8 Å². The predicted molar refractivity (Wildman–Crippen MR) is 118 cm³/mol. The van der Waals surface area contributed by atoms with Crippen molar-refractivity contribution in [3.63, 3.8) is 0 Å². The zero-order valence-electron chi connectivity index (χ0n) is 15.6. The summed E-state index contributed by atoms with van der Waals surface area (Å²) in [5.41, 5.74) is 1.40. The molecule has 0 amide bonds. The van der Waals surface area contributed by atoms with Crippen LogP contribution >= 0.6 is 23.3 Å². The first-order chi connectivity index (χ1) is 14.6. The molecule has 0 atom stereocenters. The summed E-state index contributed by atoms with van der Waals surface area (Å²) in [6.45, 7) is 0. The van der Waals surface area contributed by atoms with Crippen molar-refractivity contribution in [3.05, 3.63) is 118 Å². The molecule has 0 spiro atoms. The molecule has 0 aliphatic rings. The van der Waals surface area contributed by atoms with Gasteiger partial charge in [0.25, 0.3) is 22.8 Å². The van der Waals surface area contributed by atoms with Gasteiger partial charge in [-0.2, -0.15) is 18.9 Å². The van der Waals surface area contributed by atoms with Gasteiger partial charge in [0.05, 0.1) is 0 Å². The van der Waals surface area contributed by atoms with E-state index in [1.165, 1.54) is 24.8 Å². The number of aromatic nitrogens is 4. The molecular formula is C20H18N4O4S2. The number of rotatable bonds is 2. The molecule has 0 radical (unpaired) electrons. The standard InChI is InChI=1S/2C10H8N2O2.H2S2/c2*13-11-7-3-1-5-9(11)10-6-2-4-8-12(10)14;1-2/h2*1-8H;1-2H. The Balaban J connectivity index is 0.000000197. The minimum atomic E-state index is 0.350. The number of hydrogen-bond acceptors (Lipinski definition) is 6. The molecule has 0 aliphatic carbocycles. The molecule has 154 valence electrons. The molecule has 0 saturated heterocycles. The molecule has 0 aliphatic heterocycles. The summed E-state index contributed by atoms with van der Waals surface area (Å²) >= 11 is 6.44. The fourth-order valence-electron chi connectivity index (χ4n) is 2.51. The van der Waals surface area contributed by atoms with Crippen LogP contribution < -0.4 is 18.9 Å². The summed E-state index contributed by atoms with van der Waals surface area (Å²) in [6.07, 6.45) is 5.45. The van der Waals surface area contributed by atoms with Crippen molar-refractivity contribution in [2.24, 2.45) is 0 Å². The first-order valence-electron chi connectivity index (χ1n) is 8.51. The molecule has 4 rings (SSSR count). The molecule has 10 heteroatoms. The highest BCUT2D eigenvalue weighted by atomic mass is 33.1. The van der Waals surface area contributed by atoms with Crippen LogP contribution in [0, 0.1) is 20.8 Å². The van der Waals surface area contributed by atoms with Gasteiger partial charge >= 0.3 is 0 Å². The zero-order valence-corrected chi connectivity index (χ0v) is 17.3. The molecule has 0 saturated carbocycles. The molecule has 0 aromatic carbocycles. The van der Waals surface area contributed by atoms with Gasteiger partial charge in [-0.3, -0.25) is 0 Å². The number of pyridine rings is 4. The number of nitrogens with zero attached hydrogens (tertiary/aromatic N) is 4. The van der Waals surface area contributed by atoms with Crippen LogP contribution in [-0.2, 0) is 0 Å². The SMILES string of the molecule is SS.[O-][n+]1ccccc1-c1cccc[n+]1[O-].[O-][n+]1ccccc1-c1cccc[n+]1[O-]. The summed E-state index contributed by atoms with van der Waals surface area (Å²) in [6, 6.07) is 19.8. The Hall–Kier alpha value is -3.50. The smallest absolute Gasteiger partial charge is 0.289 e. The van der Waals surface area contributed by atoms with E-state index in [4.69, 9.17) is 0 Å². The Labute approximate surface area is 183 Å². The molecule has 30 heavy (non-hydrogen) atoms. The van der Waals surface area contributed by atoms with Crippen molar-refractivity contribution in [2.45, 2.75) is 0 Å². The van der Waals surface area contributed by atoms with E-state index in [1.807, 2.05) is 0 Å². The Morgan fingerprint density at radius 1 is 0.400 bits per heavy atom. The summed E-state index contributed by atoms with van der Waals surface area (Å²) in [7, 11) is 0. The Bertz CT molecular complexity index is 925. The van der Waals surface area contributed by atoms with Gasteiger partial charge in [-0.05, 0) is 24.3 Å². The van der Waals surface area contributed by atoms with Crippen LogP contribution in [0.3, 0.4) is 0 Å². The zero-order chi connectivity index (χ0) is 21.9. The normalized spacial score (nSPS) is 9.53. The van der Waals surface area contributed by atoms with Gasteiger partial charge in [-0.25, -0.2) is 0 Å². The van der Waals surface area contributed by atoms with E-state index >= 15 is 0 Å². The quantitative estimate of drug-likeness (QED) is 0.214. The third-order valence-corrected chi connectivity index (χ3v) is 3.82. The maximum atomic E-state index is 11.3.